The molecule has 0 aliphatic heterocycles. The molecule has 0 heterocycles. The Kier molecular flexibility index (Phi) is 5.52. The average molecular weight is 361 g/mol. The van der Waals surface area contributed by atoms with Crippen LogP contribution in [-0.2, 0) is 10.8 Å². The molecule has 24 heavy (non-hydrogen) atoms. The van der Waals surface area contributed by atoms with Crippen LogP contribution in [0.15, 0.2) is 36.4 Å². The van der Waals surface area contributed by atoms with Gasteiger partial charge in [0.25, 0.3) is 0 Å². The Hall–Kier alpha value is -1.24. The zero-order valence-electron chi connectivity index (χ0n) is 15.4. The van der Waals surface area contributed by atoms with Crippen LogP contribution in [0.25, 0.3) is 12.2 Å². The maximum atomic E-state index is 6.44. The van der Waals surface area contributed by atoms with Crippen molar-refractivity contribution in [1.29, 1.82) is 0 Å². The minimum Gasteiger partial charge on any atom is -0.0837 e. The van der Waals surface area contributed by atoms with Gasteiger partial charge in [0.05, 0.1) is 0 Å². The quantitative estimate of drug-likeness (QED) is 0.480. The first-order valence-corrected chi connectivity index (χ1v) is 9.02. The molecule has 0 aliphatic carbocycles. The highest BCUT2D eigenvalue weighted by Gasteiger charge is 2.15. The van der Waals surface area contributed by atoms with E-state index in [-0.39, 0.29) is 10.8 Å². The predicted octanol–water partition coefficient (Wildman–Crippen LogP) is 7.76. The van der Waals surface area contributed by atoms with Gasteiger partial charge < -0.3 is 0 Å². The first kappa shape index (κ1) is 19.1. The van der Waals surface area contributed by atoms with Crippen LogP contribution in [0, 0.1) is 0 Å². The maximum absolute atomic E-state index is 6.44. The van der Waals surface area contributed by atoms with Crippen molar-refractivity contribution >= 4 is 35.4 Å². The molecule has 2 aromatic carbocycles. The van der Waals surface area contributed by atoms with E-state index in [4.69, 9.17) is 23.2 Å². The monoisotopic (exact) mass is 360 g/mol. The molecular formula is C22H26Cl2. The number of benzene rings is 2. The van der Waals surface area contributed by atoms with Gasteiger partial charge in [-0.05, 0) is 45.2 Å². The number of hydrogen-bond donors (Lipinski definition) is 0. The van der Waals surface area contributed by atoms with Gasteiger partial charge in [0, 0.05) is 10.0 Å². The third-order valence-electron chi connectivity index (χ3n) is 4.18. The summed E-state index contributed by atoms with van der Waals surface area (Å²) >= 11 is 12.9. The topological polar surface area (TPSA) is 0 Å². The Morgan fingerprint density at radius 3 is 1.21 bits per heavy atom. The SMILES string of the molecule is CC(C)(C)c1ccc(C=Cc2ccc(C(C)(C)C)cc2Cl)c(Cl)c1. The smallest absolute Gasteiger partial charge is 0.0481 e. The molecule has 0 unspecified atom stereocenters. The lowest BCUT2D eigenvalue weighted by atomic mass is 9.86. The van der Waals surface area contributed by atoms with E-state index in [1.807, 2.05) is 24.3 Å². The molecule has 0 nitrogen and oxygen atoms in total. The first-order chi connectivity index (χ1) is 11.0. The van der Waals surface area contributed by atoms with E-state index < -0.39 is 0 Å². The Labute approximate surface area is 156 Å². The van der Waals surface area contributed by atoms with Gasteiger partial charge in [-0.1, -0.05) is 101 Å². The zero-order valence-corrected chi connectivity index (χ0v) is 16.9. The van der Waals surface area contributed by atoms with E-state index in [0.29, 0.717) is 0 Å². The van der Waals surface area contributed by atoms with E-state index in [2.05, 4.69) is 65.8 Å². The molecule has 2 rings (SSSR count). The molecule has 0 saturated carbocycles. The number of halogens is 2. The lowest BCUT2D eigenvalue weighted by molar-refractivity contribution is 0.590. The summed E-state index contributed by atoms with van der Waals surface area (Å²) in [5, 5.41) is 1.53. The number of rotatable bonds is 2. The van der Waals surface area contributed by atoms with Crippen LogP contribution in [0.1, 0.15) is 63.8 Å². The van der Waals surface area contributed by atoms with E-state index in [0.717, 1.165) is 21.2 Å². The molecule has 0 atom stereocenters. The summed E-state index contributed by atoms with van der Waals surface area (Å²) < 4.78 is 0. The van der Waals surface area contributed by atoms with Crippen molar-refractivity contribution in [2.45, 2.75) is 52.4 Å². The molecule has 0 fully saturated rings. The highest BCUT2D eigenvalue weighted by Crippen LogP contribution is 2.30. The molecular weight excluding hydrogens is 335 g/mol. The molecule has 128 valence electrons. The van der Waals surface area contributed by atoms with Crippen molar-refractivity contribution in [3.63, 3.8) is 0 Å². The summed E-state index contributed by atoms with van der Waals surface area (Å²) in [7, 11) is 0. The Morgan fingerprint density at radius 2 is 0.958 bits per heavy atom. The van der Waals surface area contributed by atoms with Gasteiger partial charge in [-0.15, -0.1) is 0 Å². The van der Waals surface area contributed by atoms with Crippen molar-refractivity contribution < 1.29 is 0 Å². The van der Waals surface area contributed by atoms with Crippen molar-refractivity contribution in [2.75, 3.05) is 0 Å². The van der Waals surface area contributed by atoms with E-state index >= 15 is 0 Å². The van der Waals surface area contributed by atoms with E-state index in [9.17, 15) is 0 Å². The third-order valence-corrected chi connectivity index (χ3v) is 4.83. The van der Waals surface area contributed by atoms with Crippen LogP contribution < -0.4 is 0 Å². The van der Waals surface area contributed by atoms with Crippen molar-refractivity contribution in [3.05, 3.63) is 68.7 Å². The lowest BCUT2D eigenvalue weighted by Crippen LogP contribution is -2.10. The second-order valence-electron chi connectivity index (χ2n) is 8.31. The molecule has 0 saturated heterocycles. The van der Waals surface area contributed by atoms with Crippen molar-refractivity contribution in [1.82, 2.24) is 0 Å². The van der Waals surface area contributed by atoms with Crippen molar-refractivity contribution in [2.24, 2.45) is 0 Å². The van der Waals surface area contributed by atoms with E-state index in [1.54, 1.807) is 0 Å². The first-order valence-electron chi connectivity index (χ1n) is 8.26. The number of hydrogen-bond acceptors (Lipinski definition) is 0. The molecule has 0 spiro atoms. The van der Waals surface area contributed by atoms with Gasteiger partial charge in [0.2, 0.25) is 0 Å². The largest absolute Gasteiger partial charge is 0.0837 e. The van der Waals surface area contributed by atoms with Crippen LogP contribution >= 0.6 is 23.2 Å². The fourth-order valence-corrected chi connectivity index (χ4v) is 2.92. The summed E-state index contributed by atoms with van der Waals surface area (Å²) in [6.45, 7) is 13.1. The minimum atomic E-state index is 0.0952. The normalized spacial score (nSPS) is 12.8. The predicted molar refractivity (Wildman–Crippen MR) is 109 cm³/mol. The van der Waals surface area contributed by atoms with Crippen LogP contribution in [-0.4, -0.2) is 0 Å². The maximum Gasteiger partial charge on any atom is 0.0481 e. The molecule has 2 aromatic rings. The molecule has 0 radical (unpaired) electrons. The highest BCUT2D eigenvalue weighted by atomic mass is 35.5. The van der Waals surface area contributed by atoms with Crippen LogP contribution in [0.2, 0.25) is 10.0 Å². The Bertz CT molecular complexity index is 691. The van der Waals surface area contributed by atoms with Gasteiger partial charge in [-0.2, -0.15) is 0 Å². The third kappa shape index (κ3) is 4.65. The summed E-state index contributed by atoms with van der Waals surface area (Å²) in [5.41, 5.74) is 4.66. The fourth-order valence-electron chi connectivity index (χ4n) is 2.44. The Balaban J connectivity index is 2.29. The van der Waals surface area contributed by atoms with Crippen molar-refractivity contribution in [3.8, 4) is 0 Å². The van der Waals surface area contributed by atoms with Crippen LogP contribution in [0.3, 0.4) is 0 Å². The molecule has 0 bridgehead atoms. The average Bonchev–Trinajstić information content (AvgIpc) is 2.45. The molecule has 0 aromatic heterocycles. The van der Waals surface area contributed by atoms with Crippen LogP contribution in [0.4, 0.5) is 0 Å². The zero-order chi connectivity index (χ0) is 18.1. The van der Waals surface area contributed by atoms with Crippen LogP contribution in [0.5, 0.6) is 0 Å². The molecule has 0 aliphatic rings. The summed E-state index contributed by atoms with van der Waals surface area (Å²) in [6, 6.07) is 12.5. The summed E-state index contributed by atoms with van der Waals surface area (Å²) in [4.78, 5) is 0. The lowest BCUT2D eigenvalue weighted by Gasteiger charge is -2.20. The minimum absolute atomic E-state index is 0.0952. The van der Waals surface area contributed by atoms with Gasteiger partial charge in [0.15, 0.2) is 0 Å². The Morgan fingerprint density at radius 1 is 0.625 bits per heavy atom. The van der Waals surface area contributed by atoms with Gasteiger partial charge in [0.1, 0.15) is 0 Å². The second kappa shape index (κ2) is 6.94. The highest BCUT2D eigenvalue weighted by molar-refractivity contribution is 6.33. The molecule has 0 N–H and O–H groups in total. The standard InChI is InChI=1S/C22H26Cl2/c1-21(2,3)17-11-9-15(19(23)13-17)7-8-16-10-12-18(14-20(16)24)22(4,5)6/h7-14H,1-6H3. The van der Waals surface area contributed by atoms with Gasteiger partial charge >= 0.3 is 0 Å². The fraction of sp³-hybridized carbons (Fsp3) is 0.364. The van der Waals surface area contributed by atoms with Gasteiger partial charge in [-0.25, -0.2) is 0 Å². The van der Waals surface area contributed by atoms with Gasteiger partial charge in [-0.3, -0.25) is 0 Å². The summed E-state index contributed by atoms with van der Waals surface area (Å²) in [6.07, 6.45) is 4.04. The van der Waals surface area contributed by atoms with E-state index in [1.165, 1.54) is 11.1 Å². The molecule has 2 heteroatoms. The molecule has 0 amide bonds. The second-order valence-corrected chi connectivity index (χ2v) is 9.12. The summed E-state index contributed by atoms with van der Waals surface area (Å²) in [5.74, 6) is 0.